The van der Waals surface area contributed by atoms with Crippen molar-refractivity contribution in [3.05, 3.63) is 51.7 Å². The van der Waals surface area contributed by atoms with Gasteiger partial charge in [-0.15, -0.1) is 0 Å². The molecule has 0 spiro atoms. The Hall–Kier alpha value is 0.0100. The topological polar surface area (TPSA) is 83.5 Å². The number of benzene rings is 2. The van der Waals surface area contributed by atoms with Crippen LogP contribution < -0.4 is 4.74 Å². The summed E-state index contributed by atoms with van der Waals surface area (Å²) >= 11 is 6.41. The van der Waals surface area contributed by atoms with Crippen molar-refractivity contribution in [3.63, 3.8) is 0 Å². The minimum absolute atomic E-state index is 0.203. The average Bonchev–Trinajstić information content (AvgIpc) is 2.57. The second kappa shape index (κ2) is 8.17. The SMILES string of the molecule is O=C(Oc1ccc(S(=O)(=O)[O-])c2c1CCCC2)c1cc(I)cc(I)c1I. The highest BCUT2D eigenvalue weighted by Crippen LogP contribution is 2.35. The van der Waals surface area contributed by atoms with Gasteiger partial charge in [-0.2, -0.15) is 0 Å². The summed E-state index contributed by atoms with van der Waals surface area (Å²) in [4.78, 5) is 12.5. The first-order valence-corrected chi connectivity index (χ1v) is 12.3. The van der Waals surface area contributed by atoms with Gasteiger partial charge in [-0.3, -0.25) is 0 Å². The van der Waals surface area contributed by atoms with E-state index in [0.29, 0.717) is 35.3 Å². The molecule has 5 nitrogen and oxygen atoms in total. The number of rotatable bonds is 3. The van der Waals surface area contributed by atoms with Gasteiger partial charge >= 0.3 is 5.97 Å². The molecule has 1 aliphatic carbocycles. The van der Waals surface area contributed by atoms with Crippen LogP contribution in [0.4, 0.5) is 0 Å². The first-order chi connectivity index (χ1) is 12.2. The minimum Gasteiger partial charge on any atom is -0.744 e. The van der Waals surface area contributed by atoms with E-state index in [0.717, 1.165) is 23.6 Å². The van der Waals surface area contributed by atoms with Crippen molar-refractivity contribution in [3.8, 4) is 5.75 Å². The van der Waals surface area contributed by atoms with Gasteiger partial charge in [0.2, 0.25) is 0 Å². The van der Waals surface area contributed by atoms with Gasteiger partial charge in [0.05, 0.1) is 10.5 Å². The molecule has 138 valence electrons. The monoisotopic (exact) mass is 709 g/mol. The lowest BCUT2D eigenvalue weighted by molar-refractivity contribution is 0.0731. The van der Waals surface area contributed by atoms with Crippen LogP contribution in [0.1, 0.15) is 34.3 Å². The molecule has 0 saturated carbocycles. The Kier molecular flexibility index (Phi) is 6.52. The summed E-state index contributed by atoms with van der Waals surface area (Å²) in [5.74, 6) is -0.155. The molecule has 1 aliphatic rings. The van der Waals surface area contributed by atoms with E-state index in [2.05, 4.69) is 67.8 Å². The molecule has 0 aromatic heterocycles. The van der Waals surface area contributed by atoms with Crippen LogP contribution in [-0.2, 0) is 23.0 Å². The minimum atomic E-state index is -4.55. The fourth-order valence-electron chi connectivity index (χ4n) is 2.99. The van der Waals surface area contributed by atoms with E-state index >= 15 is 0 Å². The van der Waals surface area contributed by atoms with Gasteiger partial charge in [-0.25, -0.2) is 13.2 Å². The zero-order valence-corrected chi connectivity index (χ0v) is 20.5. The number of halogens is 3. The summed E-state index contributed by atoms with van der Waals surface area (Å²) in [6, 6.07) is 6.39. The van der Waals surface area contributed by atoms with Gasteiger partial charge < -0.3 is 9.29 Å². The molecule has 0 aliphatic heterocycles. The van der Waals surface area contributed by atoms with E-state index < -0.39 is 16.1 Å². The molecule has 2 aromatic rings. The summed E-state index contributed by atoms with van der Waals surface area (Å²) in [6.45, 7) is 0. The van der Waals surface area contributed by atoms with Crippen LogP contribution in [0, 0.1) is 10.7 Å². The highest BCUT2D eigenvalue weighted by atomic mass is 127. The molecule has 0 unspecified atom stereocenters. The van der Waals surface area contributed by atoms with Crippen molar-refractivity contribution >= 4 is 83.9 Å². The van der Waals surface area contributed by atoms with Crippen molar-refractivity contribution in [2.45, 2.75) is 30.6 Å². The maximum Gasteiger partial charge on any atom is 0.344 e. The number of hydrogen-bond acceptors (Lipinski definition) is 5. The average molecular weight is 709 g/mol. The summed E-state index contributed by atoms with van der Waals surface area (Å²) in [5.41, 5.74) is 1.60. The molecule has 0 atom stereocenters. The van der Waals surface area contributed by atoms with E-state index in [1.54, 1.807) is 6.07 Å². The van der Waals surface area contributed by atoms with E-state index in [9.17, 15) is 17.8 Å². The first kappa shape index (κ1) is 20.7. The summed E-state index contributed by atoms with van der Waals surface area (Å²) < 4.78 is 42.8. The predicted molar refractivity (Wildman–Crippen MR) is 121 cm³/mol. The molecular weight excluding hydrogens is 697 g/mol. The Morgan fingerprint density at radius 1 is 1.04 bits per heavy atom. The van der Waals surface area contributed by atoms with E-state index in [1.807, 2.05) is 6.07 Å². The first-order valence-electron chi connectivity index (χ1n) is 7.66. The van der Waals surface area contributed by atoms with Crippen LogP contribution >= 0.6 is 67.8 Å². The van der Waals surface area contributed by atoms with Crippen molar-refractivity contribution in [2.24, 2.45) is 0 Å². The summed E-state index contributed by atoms with van der Waals surface area (Å²) in [5, 5.41) is 0. The van der Waals surface area contributed by atoms with Crippen LogP contribution in [0.25, 0.3) is 0 Å². The molecule has 3 rings (SSSR count). The largest absolute Gasteiger partial charge is 0.744 e. The highest BCUT2D eigenvalue weighted by molar-refractivity contribution is 14.1. The third kappa shape index (κ3) is 4.36. The lowest BCUT2D eigenvalue weighted by Crippen LogP contribution is -2.16. The number of carbonyl (C=O) groups is 1. The van der Waals surface area contributed by atoms with Gasteiger partial charge in [-0.05, 0) is 129 Å². The molecule has 0 amide bonds. The maximum atomic E-state index is 12.7. The molecule has 0 saturated heterocycles. The highest BCUT2D eigenvalue weighted by Gasteiger charge is 2.23. The molecule has 26 heavy (non-hydrogen) atoms. The zero-order chi connectivity index (χ0) is 19.1. The Bertz CT molecular complexity index is 1000. The lowest BCUT2D eigenvalue weighted by Gasteiger charge is -2.23. The van der Waals surface area contributed by atoms with E-state index in [1.165, 1.54) is 12.1 Å². The molecule has 0 fully saturated rings. The van der Waals surface area contributed by atoms with Gasteiger partial charge in [-0.1, -0.05) is 0 Å². The van der Waals surface area contributed by atoms with Crippen LogP contribution in [-0.4, -0.2) is 18.9 Å². The molecule has 0 heterocycles. The van der Waals surface area contributed by atoms with Crippen LogP contribution in [0.2, 0.25) is 0 Å². The van der Waals surface area contributed by atoms with Gasteiger partial charge in [0, 0.05) is 10.7 Å². The third-order valence-electron chi connectivity index (χ3n) is 4.13. The summed E-state index contributed by atoms with van der Waals surface area (Å²) in [6.07, 6.45) is 2.75. The zero-order valence-electron chi connectivity index (χ0n) is 13.2. The van der Waals surface area contributed by atoms with Gasteiger partial charge in [0.15, 0.2) is 0 Å². The van der Waals surface area contributed by atoms with E-state index in [4.69, 9.17) is 4.74 Å². The number of carbonyl (C=O) groups excluding carboxylic acids is 1. The molecule has 0 radical (unpaired) electrons. The predicted octanol–water partition coefficient (Wildman–Crippen LogP) is 4.50. The second-order valence-electron chi connectivity index (χ2n) is 5.82. The fraction of sp³-hybridized carbons (Fsp3) is 0.235. The summed E-state index contributed by atoms with van der Waals surface area (Å²) in [7, 11) is -4.55. The normalized spacial score (nSPS) is 14.0. The Morgan fingerprint density at radius 3 is 2.35 bits per heavy atom. The standard InChI is InChI=1S/C17H13I3O5S/c18-9-7-12(16(20)13(19)8-9)17(21)25-14-5-6-15(26(22,23)24)11-4-2-1-3-10(11)14/h5-8H,1-4H2,(H,22,23,24)/p-1. The number of hydrogen-bond donors (Lipinski definition) is 0. The maximum absolute atomic E-state index is 12.7. The quantitative estimate of drug-likeness (QED) is 0.154. The number of ether oxygens (including phenoxy) is 1. The second-order valence-corrected chi connectivity index (χ2v) is 10.7. The molecule has 9 heteroatoms. The van der Waals surface area contributed by atoms with Crippen LogP contribution in [0.15, 0.2) is 29.2 Å². The van der Waals surface area contributed by atoms with Gasteiger partial charge in [0.25, 0.3) is 0 Å². The van der Waals surface area contributed by atoms with Crippen molar-refractivity contribution in [1.29, 1.82) is 0 Å². The Morgan fingerprint density at radius 2 is 1.69 bits per heavy atom. The Labute approximate surface area is 192 Å². The third-order valence-corrected chi connectivity index (χ3v) is 8.72. The van der Waals surface area contributed by atoms with Crippen molar-refractivity contribution in [1.82, 2.24) is 0 Å². The number of fused-ring (bicyclic) bond motifs is 1. The fourth-order valence-corrected chi connectivity index (χ4v) is 6.13. The van der Waals surface area contributed by atoms with Crippen molar-refractivity contribution < 1.29 is 22.5 Å². The van der Waals surface area contributed by atoms with Gasteiger partial charge in [0.1, 0.15) is 15.9 Å². The number of esters is 1. The molecule has 2 aromatic carbocycles. The molecule has 0 N–H and O–H groups in total. The smallest absolute Gasteiger partial charge is 0.344 e. The molecule has 0 bridgehead atoms. The van der Waals surface area contributed by atoms with Crippen LogP contribution in [0.3, 0.4) is 0 Å². The van der Waals surface area contributed by atoms with Crippen molar-refractivity contribution in [2.75, 3.05) is 0 Å². The van der Waals surface area contributed by atoms with E-state index in [-0.39, 0.29) is 4.90 Å². The van der Waals surface area contributed by atoms with Crippen LogP contribution in [0.5, 0.6) is 5.75 Å². The molecular formula is C17H12I3O5S-. The lowest BCUT2D eigenvalue weighted by atomic mass is 9.91. The Balaban J connectivity index is 2.02.